The summed E-state index contributed by atoms with van der Waals surface area (Å²) in [7, 11) is 0. The average Bonchev–Trinajstić information content (AvgIpc) is 2.35. The van der Waals surface area contributed by atoms with E-state index in [1.807, 2.05) is 0 Å². The van der Waals surface area contributed by atoms with Crippen molar-refractivity contribution >= 4 is 11.7 Å². The van der Waals surface area contributed by atoms with Crippen LogP contribution in [0.25, 0.3) is 0 Å². The minimum Gasteiger partial charge on any atom is -0.484 e. The second-order valence-corrected chi connectivity index (χ2v) is 4.12. The van der Waals surface area contributed by atoms with Crippen molar-refractivity contribution in [2.45, 2.75) is 20.0 Å². The number of nitrogens with zero attached hydrogens (tertiary/aromatic N) is 1. The quantitative estimate of drug-likeness (QED) is 0.468. The third-order valence-electron chi connectivity index (χ3n) is 2.22. The summed E-state index contributed by atoms with van der Waals surface area (Å²) in [5.41, 5.74) is -0.545. The first kappa shape index (κ1) is 15.5. The van der Waals surface area contributed by atoms with Crippen molar-refractivity contribution in [2.75, 3.05) is 6.61 Å². The molecule has 0 aliphatic heterocycles. The highest BCUT2D eigenvalue weighted by molar-refractivity contribution is 5.93. The van der Waals surface area contributed by atoms with Gasteiger partial charge in [-0.3, -0.25) is 10.1 Å². The molecule has 0 saturated heterocycles. The summed E-state index contributed by atoms with van der Waals surface area (Å²) in [6.45, 7) is 6.81. The number of hydrogen-bond donors (Lipinski definition) is 1. The summed E-state index contributed by atoms with van der Waals surface area (Å²) in [4.78, 5) is 21.5. The number of nitro groups is 1. The van der Waals surface area contributed by atoms with Crippen molar-refractivity contribution in [3.63, 3.8) is 0 Å². The van der Waals surface area contributed by atoms with Crippen LogP contribution in [-0.4, -0.2) is 28.7 Å². The van der Waals surface area contributed by atoms with Crippen molar-refractivity contribution in [1.29, 1.82) is 0 Å². The van der Waals surface area contributed by atoms with Gasteiger partial charge in [0.2, 0.25) is 5.75 Å². The number of benzene rings is 1. The first-order valence-corrected chi connectivity index (χ1v) is 5.83. The second kappa shape index (κ2) is 6.55. The number of rotatable bonds is 7. The molecular weight excluding hydrogens is 266 g/mol. The summed E-state index contributed by atoms with van der Waals surface area (Å²) in [5, 5.41) is 20.1. The van der Waals surface area contributed by atoms with E-state index in [4.69, 9.17) is 14.6 Å². The molecule has 0 saturated carbocycles. The lowest BCUT2D eigenvalue weighted by Gasteiger charge is -2.16. The Hall–Kier alpha value is -2.57. The van der Waals surface area contributed by atoms with Gasteiger partial charge >= 0.3 is 11.7 Å². The molecule has 7 heteroatoms. The van der Waals surface area contributed by atoms with Crippen LogP contribution in [0, 0.1) is 10.1 Å². The Morgan fingerprint density at radius 1 is 1.50 bits per heavy atom. The molecule has 0 unspecified atom stereocenters. The molecule has 1 rings (SSSR count). The molecule has 108 valence electrons. The Morgan fingerprint density at radius 2 is 2.15 bits per heavy atom. The Morgan fingerprint density at radius 3 is 2.60 bits per heavy atom. The van der Waals surface area contributed by atoms with Crippen LogP contribution >= 0.6 is 0 Å². The normalized spacial score (nSPS) is 10.2. The van der Waals surface area contributed by atoms with Crippen LogP contribution in [0.2, 0.25) is 0 Å². The zero-order valence-electron chi connectivity index (χ0n) is 11.2. The van der Waals surface area contributed by atoms with Crippen LogP contribution in [0.4, 0.5) is 5.69 Å². The monoisotopic (exact) mass is 281 g/mol. The first-order valence-electron chi connectivity index (χ1n) is 5.83. The number of carboxylic acids is 1. The SMILES string of the molecule is C=CCOc1c(C(=O)O)ccc([N+](=O)[O-])c1OC(C)C. The van der Waals surface area contributed by atoms with Crippen LogP contribution in [-0.2, 0) is 0 Å². The third kappa shape index (κ3) is 3.47. The summed E-state index contributed by atoms with van der Waals surface area (Å²) in [6.07, 6.45) is 1.03. The van der Waals surface area contributed by atoms with Gasteiger partial charge in [0, 0.05) is 6.07 Å². The van der Waals surface area contributed by atoms with Crippen molar-refractivity contribution in [3.8, 4) is 11.5 Å². The van der Waals surface area contributed by atoms with E-state index >= 15 is 0 Å². The fourth-order valence-electron chi connectivity index (χ4n) is 1.50. The van der Waals surface area contributed by atoms with E-state index < -0.39 is 10.9 Å². The molecule has 0 spiro atoms. The Balaban J connectivity index is 3.49. The van der Waals surface area contributed by atoms with Crippen molar-refractivity contribution < 1.29 is 24.3 Å². The largest absolute Gasteiger partial charge is 0.484 e. The van der Waals surface area contributed by atoms with Gasteiger partial charge in [-0.1, -0.05) is 12.7 Å². The molecule has 0 fully saturated rings. The molecule has 0 bridgehead atoms. The lowest BCUT2D eigenvalue weighted by Crippen LogP contribution is -2.12. The molecule has 0 aromatic heterocycles. The lowest BCUT2D eigenvalue weighted by atomic mass is 10.1. The minimum atomic E-state index is -1.26. The number of hydrogen-bond acceptors (Lipinski definition) is 5. The van der Waals surface area contributed by atoms with Gasteiger partial charge in [-0.05, 0) is 19.9 Å². The Bertz CT molecular complexity index is 538. The predicted molar refractivity (Wildman–Crippen MR) is 71.5 cm³/mol. The number of nitro benzene ring substituents is 1. The third-order valence-corrected chi connectivity index (χ3v) is 2.22. The molecule has 0 heterocycles. The van der Waals surface area contributed by atoms with Crippen LogP contribution < -0.4 is 9.47 Å². The molecule has 0 radical (unpaired) electrons. The zero-order chi connectivity index (χ0) is 15.3. The van der Waals surface area contributed by atoms with Gasteiger partial charge < -0.3 is 14.6 Å². The molecular formula is C13H15NO6. The Kier molecular flexibility index (Phi) is 5.08. The molecule has 1 N–H and O–H groups in total. The predicted octanol–water partition coefficient (Wildman–Crippen LogP) is 2.65. The molecule has 7 nitrogen and oxygen atoms in total. The Labute approximate surface area is 115 Å². The van der Waals surface area contributed by atoms with Crippen molar-refractivity contribution in [1.82, 2.24) is 0 Å². The second-order valence-electron chi connectivity index (χ2n) is 4.12. The summed E-state index contributed by atoms with van der Waals surface area (Å²) in [6, 6.07) is 2.20. The standard InChI is InChI=1S/C13H15NO6/c1-4-7-19-11-9(13(15)16)5-6-10(14(17)18)12(11)20-8(2)3/h4-6,8H,1,7H2,2-3H3,(H,15,16). The maximum absolute atomic E-state index is 11.2. The highest BCUT2D eigenvalue weighted by atomic mass is 16.6. The fraction of sp³-hybridized carbons (Fsp3) is 0.308. The van der Waals surface area contributed by atoms with E-state index in [0.29, 0.717) is 0 Å². The lowest BCUT2D eigenvalue weighted by molar-refractivity contribution is -0.386. The van der Waals surface area contributed by atoms with E-state index in [9.17, 15) is 14.9 Å². The van der Waals surface area contributed by atoms with Crippen LogP contribution in [0.5, 0.6) is 11.5 Å². The molecule has 0 aliphatic rings. The summed E-state index contributed by atoms with van der Waals surface area (Å²) in [5.74, 6) is -1.61. The number of carbonyl (C=O) groups is 1. The maximum Gasteiger partial charge on any atom is 0.339 e. The molecule has 20 heavy (non-hydrogen) atoms. The van der Waals surface area contributed by atoms with Crippen molar-refractivity contribution in [2.24, 2.45) is 0 Å². The van der Waals surface area contributed by atoms with Crippen LogP contribution in [0.15, 0.2) is 24.8 Å². The van der Waals surface area contributed by atoms with Gasteiger partial charge in [0.1, 0.15) is 12.2 Å². The van der Waals surface area contributed by atoms with E-state index in [1.165, 1.54) is 6.08 Å². The van der Waals surface area contributed by atoms with Crippen molar-refractivity contribution in [3.05, 3.63) is 40.5 Å². The van der Waals surface area contributed by atoms with Gasteiger partial charge in [0.05, 0.1) is 11.0 Å². The van der Waals surface area contributed by atoms with Gasteiger partial charge in [0.25, 0.3) is 0 Å². The van der Waals surface area contributed by atoms with E-state index in [2.05, 4.69) is 6.58 Å². The zero-order valence-corrected chi connectivity index (χ0v) is 11.2. The summed E-state index contributed by atoms with van der Waals surface area (Å²) < 4.78 is 10.6. The van der Waals surface area contributed by atoms with E-state index in [-0.39, 0.29) is 35.5 Å². The molecule has 0 aliphatic carbocycles. The van der Waals surface area contributed by atoms with Crippen LogP contribution in [0.3, 0.4) is 0 Å². The van der Waals surface area contributed by atoms with E-state index in [0.717, 1.165) is 12.1 Å². The van der Waals surface area contributed by atoms with Crippen LogP contribution in [0.1, 0.15) is 24.2 Å². The molecule has 1 aromatic rings. The number of ether oxygens (including phenoxy) is 2. The minimum absolute atomic E-state index is 0.00982. The first-order chi connectivity index (χ1) is 9.38. The molecule has 0 amide bonds. The van der Waals surface area contributed by atoms with Gasteiger partial charge in [-0.15, -0.1) is 0 Å². The highest BCUT2D eigenvalue weighted by Crippen LogP contribution is 2.40. The smallest absolute Gasteiger partial charge is 0.339 e. The topological polar surface area (TPSA) is 98.9 Å². The number of aromatic carboxylic acids is 1. The molecule has 1 aromatic carbocycles. The summed E-state index contributed by atoms with van der Waals surface area (Å²) >= 11 is 0. The van der Waals surface area contributed by atoms with E-state index in [1.54, 1.807) is 13.8 Å². The fourth-order valence-corrected chi connectivity index (χ4v) is 1.50. The average molecular weight is 281 g/mol. The van der Waals surface area contributed by atoms with Gasteiger partial charge in [-0.2, -0.15) is 0 Å². The van der Waals surface area contributed by atoms with Gasteiger partial charge in [0.15, 0.2) is 5.75 Å². The van der Waals surface area contributed by atoms with Gasteiger partial charge in [-0.25, -0.2) is 4.79 Å². The molecule has 0 atom stereocenters. The number of carboxylic acid groups (broad SMARTS) is 1. The maximum atomic E-state index is 11.2. The highest BCUT2D eigenvalue weighted by Gasteiger charge is 2.27.